The lowest BCUT2D eigenvalue weighted by molar-refractivity contribution is -0.154. The largest absolute Gasteiger partial charge is 0.452 e. The topological polar surface area (TPSA) is 73.5 Å². The smallest absolute Gasteiger partial charge is 0.329 e. The molecule has 1 aliphatic rings. The van der Waals surface area contributed by atoms with E-state index >= 15 is 0 Å². The molecule has 1 amide bonds. The van der Waals surface area contributed by atoms with Crippen molar-refractivity contribution in [2.45, 2.75) is 45.9 Å². The molecule has 1 aliphatic heterocycles. The zero-order valence-electron chi connectivity index (χ0n) is 17.2. The molecule has 3 aromatic rings. The van der Waals surface area contributed by atoms with Crippen LogP contribution in [0.3, 0.4) is 0 Å². The summed E-state index contributed by atoms with van der Waals surface area (Å²) >= 11 is 0. The van der Waals surface area contributed by atoms with Crippen molar-refractivity contribution in [2.75, 3.05) is 11.4 Å². The van der Waals surface area contributed by atoms with Gasteiger partial charge in [0, 0.05) is 25.3 Å². The Morgan fingerprint density at radius 3 is 2.43 bits per heavy atom. The van der Waals surface area contributed by atoms with Crippen molar-refractivity contribution >= 4 is 28.6 Å². The molecule has 7 nitrogen and oxygen atoms in total. The van der Waals surface area contributed by atoms with Crippen LogP contribution >= 0.6 is 0 Å². The van der Waals surface area contributed by atoms with E-state index in [1.807, 2.05) is 55.5 Å². The van der Waals surface area contributed by atoms with Crippen LogP contribution in [0.5, 0.6) is 0 Å². The number of benzene rings is 2. The third kappa shape index (κ3) is 3.51. The quantitative estimate of drug-likeness (QED) is 0.589. The molecule has 1 atom stereocenters. The summed E-state index contributed by atoms with van der Waals surface area (Å²) in [5.41, 5.74) is 3.48. The van der Waals surface area contributed by atoms with Gasteiger partial charge in [0.2, 0.25) is 0 Å². The maximum absolute atomic E-state index is 12.8. The minimum atomic E-state index is -0.877. The molecule has 0 N–H and O–H groups in total. The van der Waals surface area contributed by atoms with Gasteiger partial charge in [-0.05, 0) is 44.0 Å². The summed E-state index contributed by atoms with van der Waals surface area (Å²) in [6.07, 6.45) is -0.0592. The molecule has 0 radical (unpaired) electrons. The van der Waals surface area contributed by atoms with Gasteiger partial charge in [0.05, 0.1) is 17.5 Å². The van der Waals surface area contributed by atoms with Gasteiger partial charge in [0.1, 0.15) is 0 Å². The van der Waals surface area contributed by atoms with Gasteiger partial charge in [-0.15, -0.1) is 0 Å². The molecule has 4 rings (SSSR count). The predicted octanol–water partition coefficient (Wildman–Crippen LogP) is 2.73. The van der Waals surface area contributed by atoms with E-state index in [4.69, 9.17) is 4.74 Å². The van der Waals surface area contributed by atoms with Crippen molar-refractivity contribution in [3.05, 3.63) is 64.6 Å². The van der Waals surface area contributed by atoms with Crippen LogP contribution in [0.1, 0.15) is 25.8 Å². The van der Waals surface area contributed by atoms with Gasteiger partial charge in [-0.3, -0.25) is 18.7 Å². The third-order valence-electron chi connectivity index (χ3n) is 5.59. The number of para-hydroxylation sites is 3. The Morgan fingerprint density at radius 1 is 1.03 bits per heavy atom. The third-order valence-corrected chi connectivity index (χ3v) is 5.59. The first kappa shape index (κ1) is 19.9. The number of anilines is 1. The number of imidazole rings is 1. The summed E-state index contributed by atoms with van der Waals surface area (Å²) in [7, 11) is 0. The predicted molar refractivity (Wildman–Crippen MR) is 115 cm³/mol. The number of ether oxygens (including phenoxy) is 1. The number of carbonyl (C=O) groups excluding carboxylic acids is 2. The van der Waals surface area contributed by atoms with Crippen LogP contribution < -0.4 is 10.6 Å². The number of carbonyl (C=O) groups is 2. The average Bonchev–Trinajstić information content (AvgIpc) is 3.30. The lowest BCUT2D eigenvalue weighted by atomic mass is 10.2. The number of aryl methyl sites for hydroxylation is 2. The summed E-state index contributed by atoms with van der Waals surface area (Å²) in [4.78, 5) is 39.5. The van der Waals surface area contributed by atoms with Crippen LogP contribution in [0.2, 0.25) is 0 Å². The van der Waals surface area contributed by atoms with Gasteiger partial charge in [-0.1, -0.05) is 30.3 Å². The highest BCUT2D eigenvalue weighted by atomic mass is 16.5. The molecule has 0 saturated carbocycles. The fourth-order valence-electron chi connectivity index (χ4n) is 4.09. The van der Waals surface area contributed by atoms with E-state index in [0.717, 1.165) is 28.7 Å². The van der Waals surface area contributed by atoms with Gasteiger partial charge >= 0.3 is 11.7 Å². The summed E-state index contributed by atoms with van der Waals surface area (Å²) < 4.78 is 8.66. The molecule has 0 spiro atoms. The van der Waals surface area contributed by atoms with Crippen LogP contribution in [0, 0.1) is 0 Å². The van der Waals surface area contributed by atoms with E-state index in [9.17, 15) is 14.4 Å². The molecule has 0 bridgehead atoms. The molecular weight excluding hydrogens is 382 g/mol. The zero-order chi connectivity index (χ0) is 21.3. The summed E-state index contributed by atoms with van der Waals surface area (Å²) in [6, 6.07) is 15.3. The monoisotopic (exact) mass is 407 g/mol. The Hall–Kier alpha value is -3.35. The second kappa shape index (κ2) is 8.18. The van der Waals surface area contributed by atoms with Crippen LogP contribution in [-0.4, -0.2) is 33.7 Å². The first-order valence-corrected chi connectivity index (χ1v) is 10.3. The summed E-state index contributed by atoms with van der Waals surface area (Å²) in [6.45, 7) is 4.86. The number of esters is 1. The lowest BCUT2D eigenvalue weighted by Gasteiger charge is -2.21. The second-order valence-corrected chi connectivity index (χ2v) is 7.42. The number of aromatic nitrogens is 2. The Labute approximate surface area is 174 Å². The molecule has 2 heterocycles. The number of nitrogens with zero attached hydrogens (tertiary/aromatic N) is 3. The normalized spacial score (nSPS) is 14.0. The molecule has 30 heavy (non-hydrogen) atoms. The van der Waals surface area contributed by atoms with E-state index in [1.165, 1.54) is 0 Å². The molecule has 7 heteroatoms. The maximum Gasteiger partial charge on any atom is 0.329 e. The van der Waals surface area contributed by atoms with E-state index in [-0.39, 0.29) is 24.6 Å². The van der Waals surface area contributed by atoms with E-state index in [0.29, 0.717) is 13.1 Å². The first-order valence-electron chi connectivity index (χ1n) is 10.3. The Kier molecular flexibility index (Phi) is 5.44. The molecule has 2 aromatic carbocycles. The van der Waals surface area contributed by atoms with E-state index in [1.54, 1.807) is 21.0 Å². The number of hydrogen-bond acceptors (Lipinski definition) is 4. The van der Waals surface area contributed by atoms with Crippen LogP contribution in [0.4, 0.5) is 5.69 Å². The fourth-order valence-corrected chi connectivity index (χ4v) is 4.09. The van der Waals surface area contributed by atoms with Crippen molar-refractivity contribution in [1.82, 2.24) is 9.13 Å². The van der Waals surface area contributed by atoms with Crippen molar-refractivity contribution in [3.63, 3.8) is 0 Å². The number of rotatable bonds is 6. The summed E-state index contributed by atoms with van der Waals surface area (Å²) in [5.74, 6) is -0.725. The Balaban J connectivity index is 1.41. The molecule has 0 aliphatic carbocycles. The fraction of sp³-hybridized carbons (Fsp3) is 0.348. The zero-order valence-corrected chi connectivity index (χ0v) is 17.2. The van der Waals surface area contributed by atoms with Crippen molar-refractivity contribution in [2.24, 2.45) is 0 Å². The second-order valence-electron chi connectivity index (χ2n) is 7.42. The van der Waals surface area contributed by atoms with Crippen molar-refractivity contribution in [1.29, 1.82) is 0 Å². The summed E-state index contributed by atoms with van der Waals surface area (Å²) in [5, 5.41) is 0. The lowest BCUT2D eigenvalue weighted by Crippen LogP contribution is -2.39. The van der Waals surface area contributed by atoms with Gasteiger partial charge in [-0.25, -0.2) is 4.79 Å². The van der Waals surface area contributed by atoms with Crippen molar-refractivity contribution in [3.8, 4) is 0 Å². The number of amides is 1. The number of fused-ring (bicyclic) bond motifs is 2. The van der Waals surface area contributed by atoms with Crippen LogP contribution in [0.15, 0.2) is 53.3 Å². The molecule has 156 valence electrons. The standard InChI is InChI=1S/C23H25N3O4/c1-3-24-19-10-6-7-11-20(19)26(23(24)29)15-13-21(27)30-16(2)22(28)25-14-12-17-8-4-5-9-18(17)25/h4-11,16H,3,12-15H2,1-2H3/t16-/m1/s1. The average molecular weight is 407 g/mol. The minimum Gasteiger partial charge on any atom is -0.452 e. The van der Waals surface area contributed by atoms with Gasteiger partial charge in [0.15, 0.2) is 6.10 Å². The Morgan fingerprint density at radius 2 is 1.70 bits per heavy atom. The van der Waals surface area contributed by atoms with E-state index < -0.39 is 12.1 Å². The minimum absolute atomic E-state index is 0.0197. The SMILES string of the molecule is CCn1c(=O)n(CCC(=O)O[C@H](C)C(=O)N2CCc3ccccc32)c2ccccc21. The highest BCUT2D eigenvalue weighted by Gasteiger charge is 2.29. The highest BCUT2D eigenvalue weighted by molar-refractivity contribution is 5.99. The Bertz CT molecular complexity index is 1160. The van der Waals surface area contributed by atoms with E-state index in [2.05, 4.69) is 0 Å². The van der Waals surface area contributed by atoms with Crippen LogP contribution in [0.25, 0.3) is 11.0 Å². The van der Waals surface area contributed by atoms with Crippen LogP contribution in [-0.2, 0) is 33.8 Å². The maximum atomic E-state index is 12.8. The molecule has 0 saturated heterocycles. The van der Waals surface area contributed by atoms with Gasteiger partial charge < -0.3 is 9.64 Å². The molecular formula is C23H25N3O4. The molecule has 0 fully saturated rings. The first-order chi connectivity index (χ1) is 14.5. The van der Waals surface area contributed by atoms with Gasteiger partial charge in [0.25, 0.3) is 5.91 Å². The van der Waals surface area contributed by atoms with Gasteiger partial charge in [-0.2, -0.15) is 0 Å². The molecule has 0 unspecified atom stereocenters. The highest BCUT2D eigenvalue weighted by Crippen LogP contribution is 2.28. The molecule has 1 aromatic heterocycles. The van der Waals surface area contributed by atoms with Crippen molar-refractivity contribution < 1.29 is 14.3 Å². The number of hydrogen-bond donors (Lipinski definition) is 0.